The van der Waals surface area contributed by atoms with Crippen LogP contribution in [0.15, 0.2) is 34.9 Å². The molecular formula is C20H26N2O4. The number of nitrogens with zero attached hydrogens (tertiary/aromatic N) is 1. The number of hydrogen-bond acceptors (Lipinski definition) is 4. The Hall–Kier alpha value is -2.63. The predicted octanol–water partition coefficient (Wildman–Crippen LogP) is 3.87. The molecule has 1 aromatic heterocycles. The average Bonchev–Trinajstić information content (AvgIpc) is 3.03. The lowest BCUT2D eigenvalue weighted by molar-refractivity contribution is -0.139. The van der Waals surface area contributed by atoms with Crippen LogP contribution in [0.4, 0.5) is 0 Å². The smallest absolute Gasteiger partial charge is 0.326 e. The second-order valence-corrected chi connectivity index (χ2v) is 7.90. The number of carbonyl (C=O) groups is 2. The highest BCUT2D eigenvalue weighted by atomic mass is 16.5. The topological polar surface area (TPSA) is 92.4 Å². The van der Waals surface area contributed by atoms with Gasteiger partial charge in [0.25, 0.3) is 5.91 Å². The highest BCUT2D eigenvalue weighted by molar-refractivity contribution is 5.95. The van der Waals surface area contributed by atoms with E-state index in [0.717, 1.165) is 5.56 Å². The Kier molecular flexibility index (Phi) is 5.85. The Morgan fingerprint density at radius 2 is 1.81 bits per heavy atom. The fourth-order valence-electron chi connectivity index (χ4n) is 2.58. The standard InChI is InChI=1S/C20H26N2O4/c1-12(2)10-16(19(24)25)21-18(23)17-11-15(22-26-17)13-6-8-14(9-7-13)20(3,4)5/h6-9,11-12,16H,10H2,1-5H3,(H,21,23)(H,24,25)/t16-/m0/s1. The Balaban J connectivity index is 2.13. The predicted molar refractivity (Wildman–Crippen MR) is 99.0 cm³/mol. The SMILES string of the molecule is CC(C)C[C@H](NC(=O)c1cc(-c2ccc(C(C)(C)C)cc2)no1)C(=O)O. The molecule has 140 valence electrons. The third-order valence-electron chi connectivity index (χ3n) is 4.09. The number of nitrogens with one attached hydrogen (secondary N) is 1. The van der Waals surface area contributed by atoms with Crippen LogP contribution in [0.5, 0.6) is 0 Å². The quantitative estimate of drug-likeness (QED) is 0.818. The van der Waals surface area contributed by atoms with Gasteiger partial charge in [-0.05, 0) is 23.3 Å². The molecule has 2 N–H and O–H groups in total. The summed E-state index contributed by atoms with van der Waals surface area (Å²) in [5, 5.41) is 15.6. The van der Waals surface area contributed by atoms with Gasteiger partial charge in [0.05, 0.1) is 0 Å². The third kappa shape index (κ3) is 4.94. The van der Waals surface area contributed by atoms with Gasteiger partial charge in [0.15, 0.2) is 0 Å². The Morgan fingerprint density at radius 3 is 2.31 bits per heavy atom. The van der Waals surface area contributed by atoms with E-state index in [1.165, 1.54) is 11.6 Å². The summed E-state index contributed by atoms with van der Waals surface area (Å²) in [7, 11) is 0. The maximum Gasteiger partial charge on any atom is 0.326 e. The fraction of sp³-hybridized carbons (Fsp3) is 0.450. The highest BCUT2D eigenvalue weighted by Gasteiger charge is 2.24. The Bertz CT molecular complexity index is 770. The first-order chi connectivity index (χ1) is 12.1. The first-order valence-corrected chi connectivity index (χ1v) is 8.69. The van der Waals surface area contributed by atoms with E-state index in [4.69, 9.17) is 4.52 Å². The zero-order chi connectivity index (χ0) is 19.5. The molecule has 0 radical (unpaired) electrons. The summed E-state index contributed by atoms with van der Waals surface area (Å²) in [6, 6.07) is 8.47. The molecule has 26 heavy (non-hydrogen) atoms. The molecular weight excluding hydrogens is 332 g/mol. The summed E-state index contributed by atoms with van der Waals surface area (Å²) in [6.45, 7) is 10.2. The van der Waals surface area contributed by atoms with Gasteiger partial charge >= 0.3 is 5.97 Å². The molecule has 0 unspecified atom stereocenters. The number of rotatable bonds is 6. The van der Waals surface area contributed by atoms with E-state index in [9.17, 15) is 14.7 Å². The maximum absolute atomic E-state index is 12.3. The van der Waals surface area contributed by atoms with Crippen molar-refractivity contribution < 1.29 is 19.2 Å². The van der Waals surface area contributed by atoms with Crippen LogP contribution in [0, 0.1) is 5.92 Å². The lowest BCUT2D eigenvalue weighted by Crippen LogP contribution is -2.41. The first-order valence-electron chi connectivity index (χ1n) is 8.69. The molecule has 0 saturated heterocycles. The molecule has 1 aromatic carbocycles. The van der Waals surface area contributed by atoms with Crippen molar-refractivity contribution in [3.8, 4) is 11.3 Å². The van der Waals surface area contributed by atoms with E-state index in [1.54, 1.807) is 0 Å². The van der Waals surface area contributed by atoms with Gasteiger partial charge in [-0.3, -0.25) is 4.79 Å². The van der Waals surface area contributed by atoms with E-state index in [0.29, 0.717) is 12.1 Å². The second kappa shape index (κ2) is 7.72. The molecule has 0 bridgehead atoms. The van der Waals surface area contributed by atoms with Gasteiger partial charge in [-0.2, -0.15) is 0 Å². The van der Waals surface area contributed by atoms with Crippen molar-refractivity contribution in [2.45, 2.75) is 52.5 Å². The average molecular weight is 358 g/mol. The molecule has 0 spiro atoms. The lowest BCUT2D eigenvalue weighted by atomic mass is 9.86. The second-order valence-electron chi connectivity index (χ2n) is 7.90. The first kappa shape index (κ1) is 19.7. The van der Waals surface area contributed by atoms with Crippen molar-refractivity contribution in [2.24, 2.45) is 5.92 Å². The van der Waals surface area contributed by atoms with E-state index in [2.05, 4.69) is 31.2 Å². The normalized spacial score (nSPS) is 12.8. The third-order valence-corrected chi connectivity index (χ3v) is 4.09. The van der Waals surface area contributed by atoms with Gasteiger partial charge in [0, 0.05) is 11.6 Å². The lowest BCUT2D eigenvalue weighted by Gasteiger charge is -2.18. The zero-order valence-corrected chi connectivity index (χ0v) is 15.9. The van der Waals surface area contributed by atoms with Crippen LogP contribution in [0.2, 0.25) is 0 Å². The van der Waals surface area contributed by atoms with Gasteiger partial charge in [0.1, 0.15) is 11.7 Å². The van der Waals surface area contributed by atoms with Crippen LogP contribution in [-0.4, -0.2) is 28.2 Å². The highest BCUT2D eigenvalue weighted by Crippen LogP contribution is 2.26. The van der Waals surface area contributed by atoms with Crippen molar-refractivity contribution in [3.05, 3.63) is 41.7 Å². The molecule has 1 heterocycles. The number of hydrogen-bond donors (Lipinski definition) is 2. The van der Waals surface area contributed by atoms with Crippen LogP contribution in [0.1, 0.15) is 57.2 Å². The molecule has 6 heteroatoms. The molecule has 0 aliphatic carbocycles. The van der Waals surface area contributed by atoms with Gasteiger partial charge in [-0.25, -0.2) is 4.79 Å². The van der Waals surface area contributed by atoms with Gasteiger partial charge < -0.3 is 14.9 Å². The van der Waals surface area contributed by atoms with Crippen molar-refractivity contribution in [1.82, 2.24) is 10.5 Å². The van der Waals surface area contributed by atoms with Crippen LogP contribution in [0.3, 0.4) is 0 Å². The number of aromatic nitrogens is 1. The van der Waals surface area contributed by atoms with Crippen LogP contribution in [-0.2, 0) is 10.2 Å². The van der Waals surface area contributed by atoms with Gasteiger partial charge in [-0.1, -0.05) is 64.0 Å². The minimum atomic E-state index is -1.07. The summed E-state index contributed by atoms with van der Waals surface area (Å²) < 4.78 is 5.11. The summed E-state index contributed by atoms with van der Waals surface area (Å²) in [6.07, 6.45) is 0.344. The monoisotopic (exact) mass is 358 g/mol. The zero-order valence-electron chi connectivity index (χ0n) is 15.9. The molecule has 0 saturated carbocycles. The summed E-state index contributed by atoms with van der Waals surface area (Å²) in [5.41, 5.74) is 2.61. The van der Waals surface area contributed by atoms with Crippen molar-refractivity contribution in [2.75, 3.05) is 0 Å². The van der Waals surface area contributed by atoms with Crippen molar-refractivity contribution in [1.29, 1.82) is 0 Å². The number of carboxylic acid groups (broad SMARTS) is 1. The van der Waals surface area contributed by atoms with Crippen molar-refractivity contribution >= 4 is 11.9 Å². The minimum Gasteiger partial charge on any atom is -0.480 e. The number of carbonyl (C=O) groups excluding carboxylic acids is 1. The fourth-order valence-corrected chi connectivity index (χ4v) is 2.58. The Morgan fingerprint density at radius 1 is 1.19 bits per heavy atom. The van der Waals surface area contributed by atoms with Crippen LogP contribution in [0.25, 0.3) is 11.3 Å². The minimum absolute atomic E-state index is 0.00472. The van der Waals surface area contributed by atoms with E-state index < -0.39 is 17.9 Å². The molecule has 0 aliphatic rings. The van der Waals surface area contributed by atoms with Gasteiger partial charge in [-0.15, -0.1) is 0 Å². The van der Waals surface area contributed by atoms with Crippen LogP contribution < -0.4 is 5.32 Å². The summed E-state index contributed by atoms with van der Waals surface area (Å²) >= 11 is 0. The molecule has 0 fully saturated rings. The molecule has 6 nitrogen and oxygen atoms in total. The van der Waals surface area contributed by atoms with Crippen molar-refractivity contribution in [3.63, 3.8) is 0 Å². The van der Waals surface area contributed by atoms with Gasteiger partial charge in [0.2, 0.25) is 5.76 Å². The molecule has 2 aromatic rings. The molecule has 0 aliphatic heterocycles. The summed E-state index contributed by atoms with van der Waals surface area (Å²) in [4.78, 5) is 23.5. The van der Waals surface area contributed by atoms with E-state index in [-0.39, 0.29) is 17.1 Å². The number of aliphatic carboxylic acids is 1. The molecule has 1 amide bonds. The number of amides is 1. The summed E-state index contributed by atoms with van der Waals surface area (Å²) in [5.74, 6) is -1.51. The molecule has 2 rings (SSSR count). The maximum atomic E-state index is 12.3. The number of carboxylic acids is 1. The largest absolute Gasteiger partial charge is 0.480 e. The van der Waals surface area contributed by atoms with Crippen LogP contribution >= 0.6 is 0 Å². The number of benzene rings is 1. The molecule has 1 atom stereocenters. The van der Waals surface area contributed by atoms with E-state index >= 15 is 0 Å². The van der Waals surface area contributed by atoms with E-state index in [1.807, 2.05) is 38.1 Å². The Labute approximate surface area is 153 Å².